The second-order valence-corrected chi connectivity index (χ2v) is 5.10. The number of rotatable bonds is 2. The molecule has 3 aromatic rings. The van der Waals surface area contributed by atoms with Gasteiger partial charge < -0.3 is 10.3 Å². The molecule has 1 aromatic carbocycles. The summed E-state index contributed by atoms with van der Waals surface area (Å²) in [5.41, 5.74) is 2.55. The van der Waals surface area contributed by atoms with E-state index in [1.807, 2.05) is 25.1 Å². The summed E-state index contributed by atoms with van der Waals surface area (Å²) < 4.78 is 38.8. The number of aryl methyl sites for hydroxylation is 2. The highest BCUT2D eigenvalue weighted by Gasteiger charge is 2.35. The van der Waals surface area contributed by atoms with Gasteiger partial charge in [-0.25, -0.2) is 9.97 Å². The average molecular weight is 306 g/mol. The average Bonchev–Trinajstić information content (AvgIpc) is 2.78. The van der Waals surface area contributed by atoms with Gasteiger partial charge in [0.2, 0.25) is 5.82 Å². The minimum absolute atomic E-state index is 0.132. The highest BCUT2D eigenvalue weighted by Crippen LogP contribution is 2.31. The first-order valence-corrected chi connectivity index (χ1v) is 6.61. The van der Waals surface area contributed by atoms with Crippen molar-refractivity contribution in [3.05, 3.63) is 47.4 Å². The molecule has 114 valence electrons. The molecular weight excluding hydrogens is 293 g/mol. The number of anilines is 2. The maximum Gasteiger partial charge on any atom is 0.451 e. The molecule has 0 saturated carbocycles. The van der Waals surface area contributed by atoms with Crippen molar-refractivity contribution in [1.29, 1.82) is 0 Å². The van der Waals surface area contributed by atoms with Gasteiger partial charge in [0.15, 0.2) is 0 Å². The van der Waals surface area contributed by atoms with Crippen molar-refractivity contribution in [2.24, 2.45) is 0 Å². The van der Waals surface area contributed by atoms with E-state index in [-0.39, 0.29) is 11.5 Å². The third-order valence-corrected chi connectivity index (χ3v) is 3.16. The van der Waals surface area contributed by atoms with Crippen LogP contribution in [0.25, 0.3) is 11.0 Å². The SMILES string of the molecule is Cc1cccc(Nc2nc(C(F)(F)F)nc3[nH]c(C)cc23)c1. The Morgan fingerprint density at radius 1 is 1.09 bits per heavy atom. The molecule has 0 aliphatic carbocycles. The first-order chi connectivity index (χ1) is 10.3. The highest BCUT2D eigenvalue weighted by molar-refractivity contribution is 5.89. The zero-order valence-corrected chi connectivity index (χ0v) is 11.9. The summed E-state index contributed by atoms with van der Waals surface area (Å²) >= 11 is 0. The van der Waals surface area contributed by atoms with Crippen LogP contribution in [0.2, 0.25) is 0 Å². The van der Waals surface area contributed by atoms with E-state index in [0.29, 0.717) is 11.1 Å². The number of aromatic nitrogens is 3. The molecule has 2 N–H and O–H groups in total. The number of H-pyrrole nitrogens is 1. The monoisotopic (exact) mass is 306 g/mol. The quantitative estimate of drug-likeness (QED) is 0.740. The van der Waals surface area contributed by atoms with E-state index in [0.717, 1.165) is 11.3 Å². The minimum atomic E-state index is -4.60. The Balaban J connectivity index is 2.14. The van der Waals surface area contributed by atoms with Gasteiger partial charge in [-0.15, -0.1) is 0 Å². The normalized spacial score (nSPS) is 11.9. The number of aromatic amines is 1. The van der Waals surface area contributed by atoms with E-state index in [9.17, 15) is 13.2 Å². The zero-order chi connectivity index (χ0) is 15.9. The lowest BCUT2D eigenvalue weighted by Crippen LogP contribution is -2.12. The van der Waals surface area contributed by atoms with Gasteiger partial charge in [0.1, 0.15) is 11.5 Å². The Bertz CT molecular complexity index is 836. The molecule has 0 bridgehead atoms. The van der Waals surface area contributed by atoms with E-state index in [1.54, 1.807) is 19.1 Å². The van der Waals surface area contributed by atoms with Crippen LogP contribution in [0.1, 0.15) is 17.1 Å². The topological polar surface area (TPSA) is 53.6 Å². The van der Waals surface area contributed by atoms with Gasteiger partial charge in [-0.2, -0.15) is 13.2 Å². The van der Waals surface area contributed by atoms with Crippen LogP contribution in [0.3, 0.4) is 0 Å². The van der Waals surface area contributed by atoms with Crippen LogP contribution in [0.5, 0.6) is 0 Å². The summed E-state index contributed by atoms with van der Waals surface area (Å²) in [6.45, 7) is 3.66. The number of halogens is 3. The van der Waals surface area contributed by atoms with Gasteiger partial charge in [-0.1, -0.05) is 12.1 Å². The Morgan fingerprint density at radius 2 is 1.86 bits per heavy atom. The van der Waals surface area contributed by atoms with E-state index >= 15 is 0 Å². The molecule has 22 heavy (non-hydrogen) atoms. The van der Waals surface area contributed by atoms with Gasteiger partial charge in [0.25, 0.3) is 0 Å². The molecule has 0 spiro atoms. The Hall–Kier alpha value is -2.57. The van der Waals surface area contributed by atoms with Gasteiger partial charge in [-0.3, -0.25) is 0 Å². The minimum Gasteiger partial charge on any atom is -0.343 e. The second-order valence-electron chi connectivity index (χ2n) is 5.10. The Morgan fingerprint density at radius 3 is 2.55 bits per heavy atom. The maximum atomic E-state index is 12.9. The van der Waals surface area contributed by atoms with Gasteiger partial charge in [0.05, 0.1) is 5.39 Å². The van der Waals surface area contributed by atoms with Crippen LogP contribution in [0, 0.1) is 13.8 Å². The molecule has 2 heterocycles. The summed E-state index contributed by atoms with van der Waals surface area (Å²) in [7, 11) is 0. The number of benzene rings is 1. The molecule has 4 nitrogen and oxygen atoms in total. The van der Waals surface area contributed by atoms with Crippen molar-refractivity contribution in [1.82, 2.24) is 15.0 Å². The van der Waals surface area contributed by atoms with Crippen molar-refractivity contribution in [3.63, 3.8) is 0 Å². The molecule has 0 amide bonds. The lowest BCUT2D eigenvalue weighted by Gasteiger charge is -2.10. The van der Waals surface area contributed by atoms with Crippen molar-refractivity contribution in [2.75, 3.05) is 5.32 Å². The largest absolute Gasteiger partial charge is 0.451 e. The lowest BCUT2D eigenvalue weighted by molar-refractivity contribution is -0.144. The van der Waals surface area contributed by atoms with E-state index in [2.05, 4.69) is 20.3 Å². The number of hydrogen-bond donors (Lipinski definition) is 2. The van der Waals surface area contributed by atoms with Gasteiger partial charge in [0, 0.05) is 11.4 Å². The highest BCUT2D eigenvalue weighted by atomic mass is 19.4. The first kappa shape index (κ1) is 14.4. The molecule has 7 heteroatoms. The smallest absolute Gasteiger partial charge is 0.343 e. The molecule has 0 aliphatic rings. The van der Waals surface area contributed by atoms with E-state index < -0.39 is 12.0 Å². The summed E-state index contributed by atoms with van der Waals surface area (Å²) in [6.07, 6.45) is -4.60. The molecule has 3 rings (SSSR count). The fraction of sp³-hybridized carbons (Fsp3) is 0.200. The molecule has 0 radical (unpaired) electrons. The van der Waals surface area contributed by atoms with Gasteiger partial charge >= 0.3 is 6.18 Å². The third-order valence-electron chi connectivity index (χ3n) is 3.16. The van der Waals surface area contributed by atoms with Crippen LogP contribution in [-0.4, -0.2) is 15.0 Å². The fourth-order valence-electron chi connectivity index (χ4n) is 2.22. The van der Waals surface area contributed by atoms with Crippen LogP contribution in [-0.2, 0) is 6.18 Å². The molecular formula is C15H13F3N4. The zero-order valence-electron chi connectivity index (χ0n) is 11.9. The fourth-order valence-corrected chi connectivity index (χ4v) is 2.22. The predicted octanol–water partition coefficient (Wildman–Crippen LogP) is 4.34. The summed E-state index contributed by atoms with van der Waals surface area (Å²) in [5, 5.41) is 3.46. The molecule has 0 unspecified atom stereocenters. The standard InChI is InChI=1S/C15H13F3N4/c1-8-4-3-5-10(6-8)20-13-11-7-9(2)19-12(11)21-14(22-13)15(16,17)18/h3-7H,1-2H3,(H2,19,20,21,22). The molecule has 0 fully saturated rings. The van der Waals surface area contributed by atoms with Crippen molar-refractivity contribution in [3.8, 4) is 0 Å². The second kappa shape index (κ2) is 5.01. The number of nitrogens with zero attached hydrogens (tertiary/aromatic N) is 2. The van der Waals surface area contributed by atoms with Crippen LogP contribution in [0.4, 0.5) is 24.7 Å². The van der Waals surface area contributed by atoms with Crippen LogP contribution < -0.4 is 5.32 Å². The van der Waals surface area contributed by atoms with E-state index in [1.165, 1.54) is 0 Å². The molecule has 0 aliphatic heterocycles. The van der Waals surface area contributed by atoms with Crippen molar-refractivity contribution < 1.29 is 13.2 Å². The molecule has 0 atom stereocenters. The lowest BCUT2D eigenvalue weighted by atomic mass is 10.2. The number of hydrogen-bond acceptors (Lipinski definition) is 3. The Labute approximate surface area is 124 Å². The number of nitrogens with one attached hydrogen (secondary N) is 2. The van der Waals surface area contributed by atoms with Crippen LogP contribution in [0.15, 0.2) is 30.3 Å². The van der Waals surface area contributed by atoms with Crippen molar-refractivity contribution in [2.45, 2.75) is 20.0 Å². The summed E-state index contributed by atoms with van der Waals surface area (Å²) in [6, 6.07) is 9.05. The Kier molecular flexibility index (Phi) is 3.27. The van der Waals surface area contributed by atoms with Crippen LogP contribution >= 0.6 is 0 Å². The predicted molar refractivity (Wildman–Crippen MR) is 78.1 cm³/mol. The number of alkyl halides is 3. The summed E-state index contributed by atoms with van der Waals surface area (Å²) in [5.74, 6) is -1.04. The maximum absolute atomic E-state index is 12.9. The van der Waals surface area contributed by atoms with E-state index in [4.69, 9.17) is 0 Å². The van der Waals surface area contributed by atoms with Crippen molar-refractivity contribution >= 4 is 22.5 Å². The molecule has 2 aromatic heterocycles. The first-order valence-electron chi connectivity index (χ1n) is 6.61. The molecule has 0 saturated heterocycles. The van der Waals surface area contributed by atoms with Gasteiger partial charge in [-0.05, 0) is 37.6 Å². The summed E-state index contributed by atoms with van der Waals surface area (Å²) in [4.78, 5) is 10.0. The number of fused-ring (bicyclic) bond motifs is 1. The third kappa shape index (κ3) is 2.74.